The summed E-state index contributed by atoms with van der Waals surface area (Å²) in [5, 5.41) is 14.6. The molecule has 11 nitrogen and oxygen atoms in total. The third-order valence-corrected chi connectivity index (χ3v) is 10.9. The van der Waals surface area contributed by atoms with Crippen LogP contribution >= 0.6 is 22.9 Å². The standard InChI is InChI=1S/C39H38ClFN6O5S/c1-24-27(10-11-30(35(24)40)50-20-19-47-17-15-46(2)16-18-47)33-34-37(43-23-44-38(34)53-36(33)31-12-13-32(41)52-31)45-28(39(48)49)21-25-7-3-4-9-29(25)51-22-26-8-5-6-14-42-26/h3-14,23,28H,15-22H2,1-2H3,(H,48,49)(H,43,44,45)/t28-/m1/s1. The molecule has 1 atom stereocenters. The van der Waals surface area contributed by atoms with Crippen molar-refractivity contribution < 1.29 is 28.2 Å². The van der Waals surface area contributed by atoms with Crippen LogP contribution in [0, 0.1) is 12.9 Å². The molecule has 0 radical (unpaired) electrons. The summed E-state index contributed by atoms with van der Waals surface area (Å²) in [6.07, 6.45) is 3.15. The monoisotopic (exact) mass is 756 g/mol. The normalized spacial score (nSPS) is 14.3. The van der Waals surface area contributed by atoms with E-state index in [0.717, 1.165) is 49.5 Å². The lowest BCUT2D eigenvalue weighted by atomic mass is 9.97. The molecule has 6 aromatic rings. The Morgan fingerprint density at radius 1 is 1.02 bits per heavy atom. The number of fused-ring (bicyclic) bond motifs is 1. The molecule has 1 aliphatic heterocycles. The second-order valence-corrected chi connectivity index (χ2v) is 14.2. The zero-order chi connectivity index (χ0) is 36.9. The highest BCUT2D eigenvalue weighted by Crippen LogP contribution is 2.49. The summed E-state index contributed by atoms with van der Waals surface area (Å²) in [6, 6.07) is 17.6. The molecule has 2 N–H and O–H groups in total. The Hall–Kier alpha value is -5.08. The second kappa shape index (κ2) is 16.3. The number of benzene rings is 2. The van der Waals surface area contributed by atoms with Gasteiger partial charge in [-0.05, 0) is 61.0 Å². The molecule has 5 heterocycles. The number of anilines is 1. The highest BCUT2D eigenvalue weighted by atomic mass is 35.5. The number of hydrogen-bond acceptors (Lipinski definition) is 11. The topological polar surface area (TPSA) is 126 Å². The lowest BCUT2D eigenvalue weighted by molar-refractivity contribution is -0.137. The van der Waals surface area contributed by atoms with E-state index < -0.39 is 18.0 Å². The number of para-hydroxylation sites is 1. The van der Waals surface area contributed by atoms with Crippen LogP contribution in [0.15, 0.2) is 83.7 Å². The molecule has 0 saturated carbocycles. The zero-order valence-corrected chi connectivity index (χ0v) is 30.8. The molecule has 0 aliphatic carbocycles. The summed E-state index contributed by atoms with van der Waals surface area (Å²) in [4.78, 5) is 32.0. The number of carbonyl (C=O) groups is 1. The minimum Gasteiger partial charge on any atom is -0.491 e. The first kappa shape index (κ1) is 36.3. The maximum Gasteiger partial charge on any atom is 0.326 e. The van der Waals surface area contributed by atoms with Crippen LogP contribution in [0.5, 0.6) is 11.5 Å². The zero-order valence-electron chi connectivity index (χ0n) is 29.2. The van der Waals surface area contributed by atoms with Gasteiger partial charge in [0.2, 0.25) is 0 Å². The van der Waals surface area contributed by atoms with Crippen LogP contribution in [0.25, 0.3) is 32.0 Å². The van der Waals surface area contributed by atoms with E-state index in [4.69, 9.17) is 25.5 Å². The molecule has 0 amide bonds. The van der Waals surface area contributed by atoms with Gasteiger partial charge < -0.3 is 29.2 Å². The van der Waals surface area contributed by atoms with Crippen LogP contribution in [-0.2, 0) is 17.8 Å². The van der Waals surface area contributed by atoms with Crippen LogP contribution < -0.4 is 14.8 Å². The molecule has 2 aromatic carbocycles. The number of pyridine rings is 1. The van der Waals surface area contributed by atoms with Crippen molar-refractivity contribution in [3.8, 4) is 33.3 Å². The minimum atomic E-state index is -1.11. The molecule has 274 valence electrons. The molecule has 4 aromatic heterocycles. The number of thiophene rings is 1. The van der Waals surface area contributed by atoms with Crippen LogP contribution in [-0.4, -0.2) is 88.2 Å². The predicted octanol–water partition coefficient (Wildman–Crippen LogP) is 7.43. The Labute approximate surface area is 315 Å². The molecule has 14 heteroatoms. The number of halogens is 2. The second-order valence-electron chi connectivity index (χ2n) is 12.8. The third kappa shape index (κ3) is 8.28. The van der Waals surface area contributed by atoms with Crippen molar-refractivity contribution >= 4 is 44.9 Å². The predicted molar refractivity (Wildman–Crippen MR) is 203 cm³/mol. The number of aromatic nitrogens is 3. The summed E-state index contributed by atoms with van der Waals surface area (Å²) in [5.74, 6) is 0.605. The van der Waals surface area contributed by atoms with Gasteiger partial charge >= 0.3 is 5.97 Å². The highest BCUT2D eigenvalue weighted by Gasteiger charge is 2.28. The van der Waals surface area contributed by atoms with E-state index >= 15 is 0 Å². The van der Waals surface area contributed by atoms with E-state index in [1.165, 1.54) is 23.7 Å². The largest absolute Gasteiger partial charge is 0.491 e. The maximum absolute atomic E-state index is 14.3. The number of carboxylic acid groups (broad SMARTS) is 1. The number of nitrogens with one attached hydrogen (secondary N) is 1. The first-order chi connectivity index (χ1) is 25.7. The smallest absolute Gasteiger partial charge is 0.326 e. The molecular weight excluding hydrogens is 719 g/mol. The number of carboxylic acids is 1. The van der Waals surface area contributed by atoms with E-state index in [1.54, 1.807) is 18.3 Å². The first-order valence-electron chi connectivity index (χ1n) is 17.2. The number of rotatable bonds is 14. The number of aliphatic carboxylic acids is 1. The van der Waals surface area contributed by atoms with Crippen molar-refractivity contribution in [2.75, 3.05) is 51.7 Å². The molecule has 0 unspecified atom stereocenters. The molecule has 0 bridgehead atoms. The van der Waals surface area contributed by atoms with E-state index in [9.17, 15) is 14.3 Å². The summed E-state index contributed by atoms with van der Waals surface area (Å²) < 4.78 is 32.0. The summed E-state index contributed by atoms with van der Waals surface area (Å²) in [5.41, 5.74) is 3.51. The number of ether oxygens (including phenoxy) is 2. The Kier molecular flexibility index (Phi) is 11.2. The number of furan rings is 1. The lowest BCUT2D eigenvalue weighted by Crippen LogP contribution is -2.45. The molecule has 1 saturated heterocycles. The van der Waals surface area contributed by atoms with Crippen molar-refractivity contribution in [1.82, 2.24) is 24.8 Å². The van der Waals surface area contributed by atoms with Gasteiger partial charge in [-0.2, -0.15) is 4.39 Å². The minimum absolute atomic E-state index is 0.0833. The van der Waals surface area contributed by atoms with Crippen molar-refractivity contribution in [3.05, 3.63) is 107 Å². The average molecular weight is 757 g/mol. The van der Waals surface area contributed by atoms with E-state index in [-0.39, 0.29) is 13.0 Å². The van der Waals surface area contributed by atoms with Gasteiger partial charge in [-0.3, -0.25) is 9.88 Å². The Morgan fingerprint density at radius 3 is 2.58 bits per heavy atom. The third-order valence-electron chi connectivity index (χ3n) is 9.27. The van der Waals surface area contributed by atoms with Crippen LogP contribution in [0.1, 0.15) is 16.8 Å². The highest BCUT2D eigenvalue weighted by molar-refractivity contribution is 7.22. The molecule has 1 fully saturated rings. The van der Waals surface area contributed by atoms with Crippen LogP contribution in [0.4, 0.5) is 10.2 Å². The SMILES string of the molecule is Cc1c(-c2c(-c3ccc(F)o3)sc3ncnc(N[C@H](Cc4ccccc4OCc4ccccn4)C(=O)O)c23)ccc(OCCN2CCN(C)CC2)c1Cl. The molecular formula is C39H38ClFN6O5S. The quantitative estimate of drug-likeness (QED) is 0.115. The van der Waals surface area contributed by atoms with Crippen LogP contribution in [0.3, 0.4) is 0 Å². The Morgan fingerprint density at radius 2 is 1.83 bits per heavy atom. The molecule has 0 spiro atoms. The van der Waals surface area contributed by atoms with Gasteiger partial charge in [0.25, 0.3) is 6.01 Å². The van der Waals surface area contributed by atoms with Crippen molar-refractivity contribution in [2.45, 2.75) is 26.0 Å². The van der Waals surface area contributed by atoms with Crippen molar-refractivity contribution in [3.63, 3.8) is 0 Å². The average Bonchev–Trinajstić information content (AvgIpc) is 3.78. The molecule has 53 heavy (non-hydrogen) atoms. The fourth-order valence-corrected chi connectivity index (χ4v) is 7.68. The summed E-state index contributed by atoms with van der Waals surface area (Å²) >= 11 is 8.27. The van der Waals surface area contributed by atoms with Crippen molar-refractivity contribution in [2.24, 2.45) is 0 Å². The van der Waals surface area contributed by atoms with Gasteiger partial charge in [0, 0.05) is 57.0 Å². The number of nitrogens with zero attached hydrogens (tertiary/aromatic N) is 5. The van der Waals surface area contributed by atoms with Gasteiger partial charge in [-0.25, -0.2) is 14.8 Å². The first-order valence-corrected chi connectivity index (χ1v) is 18.4. The van der Waals surface area contributed by atoms with E-state index in [0.29, 0.717) is 60.9 Å². The Balaban J connectivity index is 1.21. The van der Waals surface area contributed by atoms with Gasteiger partial charge in [0.05, 0.1) is 21.0 Å². The van der Waals surface area contributed by atoms with Gasteiger partial charge in [-0.1, -0.05) is 41.9 Å². The summed E-state index contributed by atoms with van der Waals surface area (Å²) in [7, 11) is 2.13. The Bertz CT molecular complexity index is 2210. The number of hydrogen-bond donors (Lipinski definition) is 2. The molecule has 1 aliphatic rings. The van der Waals surface area contributed by atoms with Gasteiger partial charge in [0.1, 0.15) is 53.5 Å². The molecule has 7 rings (SSSR count). The van der Waals surface area contributed by atoms with Gasteiger partial charge in [-0.15, -0.1) is 11.3 Å². The van der Waals surface area contributed by atoms with Crippen LogP contribution in [0.2, 0.25) is 5.02 Å². The van der Waals surface area contributed by atoms with Crippen molar-refractivity contribution in [1.29, 1.82) is 0 Å². The lowest BCUT2D eigenvalue weighted by Gasteiger charge is -2.32. The van der Waals surface area contributed by atoms with E-state index in [2.05, 4.69) is 37.1 Å². The fraction of sp³-hybridized carbons (Fsp3) is 0.282. The summed E-state index contributed by atoms with van der Waals surface area (Å²) in [6.45, 7) is 7.40. The van der Waals surface area contributed by atoms with Gasteiger partial charge in [0.15, 0.2) is 0 Å². The van der Waals surface area contributed by atoms with E-state index in [1.807, 2.05) is 55.5 Å². The maximum atomic E-state index is 14.3. The number of likely N-dealkylation sites (N-methyl/N-ethyl adjacent to an activating group) is 1. The number of piperazine rings is 1. The fourth-order valence-electron chi connectivity index (χ4n) is 6.34.